The maximum atomic E-state index is 9.86. The fourth-order valence-corrected chi connectivity index (χ4v) is 0.602. The summed E-state index contributed by atoms with van der Waals surface area (Å²) >= 11 is 0. The third-order valence-electron chi connectivity index (χ3n) is 0.999. The molecule has 0 unspecified atom stereocenters. The van der Waals surface area contributed by atoms with Crippen molar-refractivity contribution in [2.45, 2.75) is 0 Å². The zero-order valence-corrected chi connectivity index (χ0v) is 4.87. The predicted octanol–water partition coefficient (Wildman–Crippen LogP) is 0.606. The number of benzene rings is 1. The van der Waals surface area contributed by atoms with E-state index >= 15 is 0 Å². The van der Waals surface area contributed by atoms with Gasteiger partial charge >= 0.3 is 51.4 Å². The molecule has 1 aromatic rings. The van der Waals surface area contributed by atoms with Crippen LogP contribution in [0.1, 0.15) is 0 Å². The topological polar surface area (TPSA) is 29.1 Å². The van der Waals surface area contributed by atoms with E-state index < -0.39 is 0 Å². The molecule has 0 aromatic heterocycles. The van der Waals surface area contributed by atoms with Gasteiger partial charge in [0.05, 0.1) is 0 Å². The number of carbonyl (C=O) groups is 1. The molecule has 0 saturated heterocycles. The molecule has 1 N–H and O–H groups in total. The third kappa shape index (κ3) is 3.48. The number of hydrogen-bond acceptors (Lipinski definition) is 1. The van der Waals surface area contributed by atoms with Crippen LogP contribution in [0.5, 0.6) is 0 Å². The van der Waals surface area contributed by atoms with Gasteiger partial charge in [0.2, 0.25) is 6.41 Å². The summed E-state index contributed by atoms with van der Waals surface area (Å²) in [5.41, 5.74) is 0.826. The van der Waals surface area contributed by atoms with E-state index in [1.165, 1.54) is 0 Å². The van der Waals surface area contributed by atoms with E-state index in [9.17, 15) is 4.79 Å². The van der Waals surface area contributed by atoms with E-state index in [0.717, 1.165) is 5.69 Å². The van der Waals surface area contributed by atoms with Crippen molar-refractivity contribution in [2.75, 3.05) is 5.32 Å². The summed E-state index contributed by atoms with van der Waals surface area (Å²) < 4.78 is 0. The molecule has 0 atom stereocenters. The Morgan fingerprint density at radius 3 is 2.30 bits per heavy atom. The van der Waals surface area contributed by atoms with Gasteiger partial charge in [0.25, 0.3) is 0 Å². The molecule has 0 spiro atoms. The van der Waals surface area contributed by atoms with Crippen molar-refractivity contribution in [1.29, 1.82) is 0 Å². The van der Waals surface area contributed by atoms with Crippen molar-refractivity contribution >= 4 is 63.5 Å². The van der Waals surface area contributed by atoms with Gasteiger partial charge in [-0.05, 0) is 12.1 Å². The van der Waals surface area contributed by atoms with Crippen LogP contribution in [0, 0.1) is 0 Å². The van der Waals surface area contributed by atoms with Gasteiger partial charge in [-0.15, -0.1) is 0 Å². The van der Waals surface area contributed by atoms with Crippen LogP contribution in [0.25, 0.3) is 0 Å². The fourth-order valence-electron chi connectivity index (χ4n) is 0.602. The van der Waals surface area contributed by atoms with E-state index in [1.54, 1.807) is 0 Å². The molecule has 10 heavy (non-hydrogen) atoms. The van der Waals surface area contributed by atoms with Crippen LogP contribution in [0.3, 0.4) is 0 Å². The SMILES string of the molecule is O=CNc1ccccc1.[KH]. The Balaban J connectivity index is 0.000000810. The summed E-state index contributed by atoms with van der Waals surface area (Å²) in [4.78, 5) is 9.86. The monoisotopic (exact) mass is 161 g/mol. The average molecular weight is 161 g/mol. The third-order valence-corrected chi connectivity index (χ3v) is 0.999. The number of amides is 1. The van der Waals surface area contributed by atoms with Crippen LogP contribution in [-0.2, 0) is 4.79 Å². The number of carbonyl (C=O) groups excluding carboxylic acids is 1. The Morgan fingerprint density at radius 2 is 1.80 bits per heavy atom. The van der Waals surface area contributed by atoms with E-state index in [-0.39, 0.29) is 51.4 Å². The predicted molar refractivity (Wildman–Crippen MR) is 43.3 cm³/mol. The van der Waals surface area contributed by atoms with Crippen LogP contribution in [-0.4, -0.2) is 57.8 Å². The number of hydrogen-bond donors (Lipinski definition) is 1. The Labute approximate surface area is 102 Å². The molecule has 0 aliphatic rings. The van der Waals surface area contributed by atoms with E-state index in [2.05, 4.69) is 5.32 Å². The van der Waals surface area contributed by atoms with E-state index in [0.29, 0.717) is 6.41 Å². The van der Waals surface area contributed by atoms with Gasteiger partial charge in [0, 0.05) is 5.69 Å². The second kappa shape index (κ2) is 6.06. The molecule has 3 heteroatoms. The van der Waals surface area contributed by atoms with Gasteiger partial charge in [-0.1, -0.05) is 18.2 Å². The van der Waals surface area contributed by atoms with Crippen LogP contribution >= 0.6 is 0 Å². The van der Waals surface area contributed by atoms with Crippen LogP contribution in [0.2, 0.25) is 0 Å². The Hall–Kier alpha value is 0.326. The zero-order chi connectivity index (χ0) is 6.53. The first-order valence-corrected chi connectivity index (χ1v) is 2.69. The molecule has 0 radical (unpaired) electrons. The van der Waals surface area contributed by atoms with Crippen LogP contribution in [0.15, 0.2) is 30.3 Å². The second-order valence-corrected chi connectivity index (χ2v) is 1.63. The number of para-hydroxylation sites is 1. The molecule has 48 valence electrons. The Bertz CT molecular complexity index is 188. The number of rotatable bonds is 2. The van der Waals surface area contributed by atoms with Crippen molar-refractivity contribution in [3.8, 4) is 0 Å². The molecule has 0 saturated carbocycles. The second-order valence-electron chi connectivity index (χ2n) is 1.63. The molecule has 0 aliphatic heterocycles. The maximum absolute atomic E-state index is 9.86. The molecule has 1 amide bonds. The van der Waals surface area contributed by atoms with Gasteiger partial charge in [0.15, 0.2) is 0 Å². The molecule has 0 heterocycles. The molecule has 0 aliphatic carbocycles. The van der Waals surface area contributed by atoms with Crippen molar-refractivity contribution in [1.82, 2.24) is 0 Å². The Morgan fingerprint density at radius 1 is 1.20 bits per heavy atom. The van der Waals surface area contributed by atoms with Gasteiger partial charge < -0.3 is 5.32 Å². The number of nitrogens with one attached hydrogen (secondary N) is 1. The summed E-state index contributed by atoms with van der Waals surface area (Å²) in [5, 5.41) is 2.53. The first-order chi connectivity index (χ1) is 4.43. The first-order valence-electron chi connectivity index (χ1n) is 2.69. The molecule has 1 rings (SSSR count). The molecule has 1 aromatic carbocycles. The van der Waals surface area contributed by atoms with Gasteiger partial charge in [-0.3, -0.25) is 4.79 Å². The fraction of sp³-hybridized carbons (Fsp3) is 0. The average Bonchev–Trinajstić information content (AvgIpc) is 1.91. The molecule has 0 fully saturated rings. The Kier molecular flexibility index (Phi) is 6.26. The van der Waals surface area contributed by atoms with Crippen molar-refractivity contribution in [3.05, 3.63) is 30.3 Å². The van der Waals surface area contributed by atoms with Crippen molar-refractivity contribution in [2.24, 2.45) is 0 Å². The zero-order valence-electron chi connectivity index (χ0n) is 4.87. The van der Waals surface area contributed by atoms with Gasteiger partial charge in [-0.2, -0.15) is 0 Å². The molecule has 2 nitrogen and oxygen atoms in total. The van der Waals surface area contributed by atoms with Crippen molar-refractivity contribution in [3.63, 3.8) is 0 Å². The van der Waals surface area contributed by atoms with E-state index in [4.69, 9.17) is 0 Å². The van der Waals surface area contributed by atoms with Crippen LogP contribution < -0.4 is 5.32 Å². The van der Waals surface area contributed by atoms with Gasteiger partial charge in [-0.25, -0.2) is 0 Å². The summed E-state index contributed by atoms with van der Waals surface area (Å²) in [7, 11) is 0. The molecular formula is C7H8KNO. The summed E-state index contributed by atoms with van der Waals surface area (Å²) in [6, 6.07) is 9.29. The summed E-state index contributed by atoms with van der Waals surface area (Å²) in [6.07, 6.45) is 0.662. The normalized spacial score (nSPS) is 7.60. The first kappa shape index (κ1) is 10.3. The van der Waals surface area contributed by atoms with Gasteiger partial charge in [0.1, 0.15) is 0 Å². The quantitative estimate of drug-likeness (QED) is 0.499. The number of anilines is 1. The standard InChI is InChI=1S/C7H7NO.K.H/c9-6-8-7-4-2-1-3-5-7;;/h1-6H,(H,8,9);;. The minimum absolute atomic E-state index is 0. The minimum atomic E-state index is 0. The van der Waals surface area contributed by atoms with Crippen LogP contribution in [0.4, 0.5) is 5.69 Å². The summed E-state index contributed by atoms with van der Waals surface area (Å²) in [5.74, 6) is 0. The molecular weight excluding hydrogens is 153 g/mol. The molecule has 0 bridgehead atoms. The van der Waals surface area contributed by atoms with Crippen molar-refractivity contribution < 1.29 is 4.79 Å². The van der Waals surface area contributed by atoms with E-state index in [1.807, 2.05) is 30.3 Å². The summed E-state index contributed by atoms with van der Waals surface area (Å²) in [6.45, 7) is 0.